The summed E-state index contributed by atoms with van der Waals surface area (Å²) in [4.78, 5) is 58.2. The number of amides is 3. The van der Waals surface area contributed by atoms with E-state index in [1.54, 1.807) is 19.1 Å². The van der Waals surface area contributed by atoms with Crippen molar-refractivity contribution < 1.29 is 33.8 Å². The molecule has 0 unspecified atom stereocenters. The van der Waals surface area contributed by atoms with Crippen molar-refractivity contribution in [3.05, 3.63) is 24.3 Å². The molecule has 1 aliphatic carbocycles. The van der Waals surface area contributed by atoms with E-state index in [2.05, 4.69) is 5.32 Å². The Morgan fingerprint density at radius 3 is 2.55 bits per heavy atom. The molecule has 2 saturated heterocycles. The highest BCUT2D eigenvalue weighted by Crippen LogP contribution is 2.54. The van der Waals surface area contributed by atoms with Crippen molar-refractivity contribution in [2.45, 2.75) is 102 Å². The molecule has 0 aromatic carbocycles. The zero-order chi connectivity index (χ0) is 28.6. The quantitative estimate of drug-likeness (QED) is 0.398. The summed E-state index contributed by atoms with van der Waals surface area (Å²) >= 11 is 0. The molecule has 0 bridgehead atoms. The summed E-state index contributed by atoms with van der Waals surface area (Å²) in [5, 5.41) is 13.2. The maximum Gasteiger partial charge on any atom is 0.313 e. The highest BCUT2D eigenvalue weighted by Gasteiger charge is 2.72. The second-order valence-corrected chi connectivity index (χ2v) is 12.3. The third-order valence-corrected chi connectivity index (χ3v) is 9.33. The number of esters is 1. The van der Waals surface area contributed by atoms with E-state index in [9.17, 15) is 24.3 Å². The van der Waals surface area contributed by atoms with Crippen molar-refractivity contribution >= 4 is 23.7 Å². The van der Waals surface area contributed by atoms with Crippen molar-refractivity contribution in [3.8, 4) is 0 Å². The molecule has 10 heteroatoms. The van der Waals surface area contributed by atoms with Crippen LogP contribution in [0.4, 0.5) is 0 Å². The molecule has 5 rings (SSSR count). The molecular formula is C30H43N3O7. The minimum absolute atomic E-state index is 0.0778. The second kappa shape index (κ2) is 11.6. The van der Waals surface area contributed by atoms with Gasteiger partial charge in [0.25, 0.3) is 0 Å². The number of rotatable bonds is 4. The normalized spacial score (nSPS) is 37.1. The largest absolute Gasteiger partial charge is 0.460 e. The summed E-state index contributed by atoms with van der Waals surface area (Å²) in [6.07, 6.45) is 11.7. The maximum absolute atomic E-state index is 14.5. The molecule has 0 aromatic rings. The number of carbonyl (C=O) groups is 4. The third-order valence-electron chi connectivity index (χ3n) is 9.33. The van der Waals surface area contributed by atoms with Gasteiger partial charge in [0, 0.05) is 19.0 Å². The fourth-order valence-corrected chi connectivity index (χ4v) is 7.32. The second-order valence-electron chi connectivity index (χ2n) is 12.3. The van der Waals surface area contributed by atoms with Crippen molar-refractivity contribution in [1.29, 1.82) is 0 Å². The first kappa shape index (κ1) is 28.8. The topological polar surface area (TPSA) is 125 Å². The Morgan fingerprint density at radius 2 is 1.85 bits per heavy atom. The van der Waals surface area contributed by atoms with Crippen LogP contribution in [0.25, 0.3) is 0 Å². The van der Waals surface area contributed by atoms with Crippen LogP contribution in [-0.4, -0.2) is 94.2 Å². The Balaban J connectivity index is 1.59. The molecule has 4 aliphatic heterocycles. The molecule has 1 spiro atoms. The number of cyclic esters (lactones) is 1. The SMILES string of the molecule is CC(C)[C@H](CO)N1C(=O)[C@H]2[C@@H]3C(=O)O[C@@H](C)CNC(=O)CC/C=C\[C@@H]3O[C@]23C=CCN(C2CCCCC2)C(=O)[C@H]13. The van der Waals surface area contributed by atoms with Crippen LogP contribution in [0.5, 0.6) is 0 Å². The van der Waals surface area contributed by atoms with Crippen molar-refractivity contribution in [2.75, 3.05) is 19.7 Å². The number of aliphatic hydroxyl groups is 1. The van der Waals surface area contributed by atoms with E-state index in [1.165, 1.54) is 4.90 Å². The molecule has 3 amide bonds. The van der Waals surface area contributed by atoms with E-state index in [0.29, 0.717) is 13.0 Å². The number of hydrogen-bond donors (Lipinski definition) is 2. The van der Waals surface area contributed by atoms with Gasteiger partial charge in [-0.05, 0) is 32.1 Å². The summed E-state index contributed by atoms with van der Waals surface area (Å²) in [6, 6.07) is -1.54. The van der Waals surface area contributed by atoms with Crippen LogP contribution in [0, 0.1) is 17.8 Å². The zero-order valence-electron chi connectivity index (χ0n) is 23.8. The Bertz CT molecular complexity index is 1070. The van der Waals surface area contributed by atoms with Crippen LogP contribution in [-0.2, 0) is 28.7 Å². The molecule has 5 aliphatic rings. The summed E-state index contributed by atoms with van der Waals surface area (Å²) in [7, 11) is 0. The van der Waals surface area contributed by atoms with Crippen LogP contribution in [0.3, 0.4) is 0 Å². The monoisotopic (exact) mass is 557 g/mol. The zero-order valence-corrected chi connectivity index (χ0v) is 23.8. The first-order chi connectivity index (χ1) is 19.2. The van der Waals surface area contributed by atoms with Gasteiger partial charge in [-0.15, -0.1) is 0 Å². The summed E-state index contributed by atoms with van der Waals surface area (Å²) in [5.41, 5.74) is -1.38. The highest BCUT2D eigenvalue weighted by atomic mass is 16.6. The maximum atomic E-state index is 14.5. The standard InChI is InChI=1S/C30H43N3O7/c1-18(2)21(17-34)33-26-28(37)32(20-10-5-4-6-11-20)15-9-14-30(26)25(27(33)36)24-22(40-30)12-7-8-13-23(35)31-16-19(3)39-29(24)38/h7,9,12,14,18-22,24-26,34H,4-6,8,10-11,13,15-17H2,1-3H3,(H,31,35)/b12-7-/t19-,21-,22-,24+,25+,26-,30+/m0/s1. The lowest BCUT2D eigenvalue weighted by molar-refractivity contribution is -0.160. The van der Waals surface area contributed by atoms with Gasteiger partial charge < -0.3 is 29.7 Å². The molecule has 7 atom stereocenters. The van der Waals surface area contributed by atoms with E-state index >= 15 is 0 Å². The molecule has 1 saturated carbocycles. The number of nitrogens with zero attached hydrogens (tertiary/aromatic N) is 2. The average molecular weight is 558 g/mol. The van der Waals surface area contributed by atoms with E-state index in [4.69, 9.17) is 9.47 Å². The van der Waals surface area contributed by atoms with E-state index in [0.717, 1.165) is 32.1 Å². The van der Waals surface area contributed by atoms with Crippen molar-refractivity contribution in [1.82, 2.24) is 15.1 Å². The lowest BCUT2D eigenvalue weighted by Gasteiger charge is -2.42. The number of likely N-dealkylation sites (tertiary alicyclic amines) is 1. The number of aliphatic hydroxyl groups excluding tert-OH is 1. The molecular weight excluding hydrogens is 514 g/mol. The molecule has 10 nitrogen and oxygen atoms in total. The van der Waals surface area contributed by atoms with Crippen LogP contribution in [0.2, 0.25) is 0 Å². The van der Waals surface area contributed by atoms with Gasteiger partial charge in [0.2, 0.25) is 17.7 Å². The summed E-state index contributed by atoms with van der Waals surface area (Å²) in [5.74, 6) is -3.37. The first-order valence-electron chi connectivity index (χ1n) is 14.9. The van der Waals surface area contributed by atoms with Crippen LogP contribution >= 0.6 is 0 Å². The minimum atomic E-state index is -1.38. The van der Waals surface area contributed by atoms with Gasteiger partial charge in [0.1, 0.15) is 23.7 Å². The third kappa shape index (κ3) is 4.98. The van der Waals surface area contributed by atoms with Crippen LogP contribution in [0.1, 0.15) is 65.7 Å². The van der Waals surface area contributed by atoms with E-state index < -0.39 is 47.7 Å². The lowest BCUT2D eigenvalue weighted by atomic mass is 9.77. The molecule has 4 heterocycles. The molecule has 0 radical (unpaired) electrons. The fraction of sp³-hybridized carbons (Fsp3) is 0.733. The Kier molecular flexibility index (Phi) is 8.38. The molecule has 2 N–H and O–H groups in total. The van der Waals surface area contributed by atoms with Crippen molar-refractivity contribution in [3.63, 3.8) is 0 Å². The Hall–Kier alpha value is -2.72. The molecule has 3 fully saturated rings. The predicted molar refractivity (Wildman–Crippen MR) is 146 cm³/mol. The van der Waals surface area contributed by atoms with Gasteiger partial charge in [-0.3, -0.25) is 19.2 Å². The highest BCUT2D eigenvalue weighted by molar-refractivity contribution is 5.99. The summed E-state index contributed by atoms with van der Waals surface area (Å²) in [6.45, 7) is 5.79. The van der Waals surface area contributed by atoms with E-state index in [-0.39, 0.29) is 49.3 Å². The number of carbonyl (C=O) groups excluding carboxylic acids is 4. The minimum Gasteiger partial charge on any atom is -0.460 e. The van der Waals surface area contributed by atoms with Crippen molar-refractivity contribution in [2.24, 2.45) is 17.8 Å². The average Bonchev–Trinajstić information content (AvgIpc) is 3.31. The van der Waals surface area contributed by atoms with Gasteiger partial charge >= 0.3 is 5.97 Å². The number of allylic oxidation sites excluding steroid dienone is 1. The van der Waals surface area contributed by atoms with Gasteiger partial charge in [-0.2, -0.15) is 0 Å². The number of hydrogen-bond acceptors (Lipinski definition) is 7. The Labute approximate surface area is 236 Å². The van der Waals surface area contributed by atoms with Gasteiger partial charge in [-0.25, -0.2) is 0 Å². The molecule has 40 heavy (non-hydrogen) atoms. The van der Waals surface area contributed by atoms with Gasteiger partial charge in [0.05, 0.1) is 31.2 Å². The first-order valence-corrected chi connectivity index (χ1v) is 14.9. The lowest BCUT2D eigenvalue weighted by Crippen LogP contribution is -2.60. The number of fused-ring (bicyclic) bond motifs is 2. The van der Waals surface area contributed by atoms with Crippen LogP contribution in [0.15, 0.2) is 24.3 Å². The number of ether oxygens (including phenoxy) is 2. The Morgan fingerprint density at radius 1 is 1.10 bits per heavy atom. The molecule has 0 aromatic heterocycles. The predicted octanol–water partition coefficient (Wildman–Crippen LogP) is 1.71. The van der Waals surface area contributed by atoms with Gasteiger partial charge in [0.15, 0.2) is 0 Å². The van der Waals surface area contributed by atoms with E-state index in [1.807, 2.05) is 30.9 Å². The van der Waals surface area contributed by atoms with Gasteiger partial charge in [-0.1, -0.05) is 57.4 Å². The number of nitrogens with one attached hydrogen (secondary N) is 1. The smallest absolute Gasteiger partial charge is 0.313 e. The fourth-order valence-electron chi connectivity index (χ4n) is 7.32. The van der Waals surface area contributed by atoms with Crippen LogP contribution < -0.4 is 5.32 Å². The molecule has 220 valence electrons. The summed E-state index contributed by atoms with van der Waals surface area (Å²) < 4.78 is 12.5.